The van der Waals surface area contributed by atoms with Crippen molar-refractivity contribution in [3.8, 4) is 0 Å². The molecular weight excluding hydrogens is 720 g/mol. The Balaban J connectivity index is -0.000000192. The zero-order valence-electron chi connectivity index (χ0n) is 33.7. The van der Waals surface area contributed by atoms with Crippen LogP contribution in [0.15, 0.2) is 0 Å². The van der Waals surface area contributed by atoms with E-state index in [0.29, 0.717) is 25.7 Å². The van der Waals surface area contributed by atoms with Crippen molar-refractivity contribution in [1.29, 1.82) is 0 Å². The van der Waals surface area contributed by atoms with E-state index in [9.17, 15) is 39.6 Å². The standard InChI is InChI=1S/4C10H20O3.Ti/c4*1-2-3-4-5-6-7-9(11)8-10(12)13;/h4*9,11H,2-8H2,1H3,(H,12,13);/q;;;;+4/p-4. The summed E-state index contributed by atoms with van der Waals surface area (Å²) in [4.78, 5) is 40.3. The van der Waals surface area contributed by atoms with Gasteiger partial charge in [0.05, 0.1) is 24.4 Å². The van der Waals surface area contributed by atoms with Gasteiger partial charge in [0.1, 0.15) is 0 Å². The third-order valence-corrected chi connectivity index (χ3v) is 8.17. The molecule has 0 aromatic heterocycles. The minimum atomic E-state index is -1.17. The van der Waals surface area contributed by atoms with Crippen molar-refractivity contribution in [2.75, 3.05) is 0 Å². The van der Waals surface area contributed by atoms with Gasteiger partial charge in [0.25, 0.3) is 0 Å². The van der Waals surface area contributed by atoms with Gasteiger partial charge in [-0.05, 0) is 25.7 Å². The summed E-state index contributed by atoms with van der Waals surface area (Å²) in [6.45, 7) is 8.58. The number of carboxylic acids is 4. The third kappa shape index (κ3) is 65.7. The Bertz CT molecular complexity index is 672. The fourth-order valence-corrected chi connectivity index (χ4v) is 5.11. The van der Waals surface area contributed by atoms with Crippen LogP contribution in [0.1, 0.15) is 207 Å². The van der Waals surface area contributed by atoms with Gasteiger partial charge in [0.2, 0.25) is 0 Å². The van der Waals surface area contributed by atoms with Gasteiger partial charge in [-0.3, -0.25) is 0 Å². The van der Waals surface area contributed by atoms with Crippen molar-refractivity contribution in [3.05, 3.63) is 0 Å². The van der Waals surface area contributed by atoms with Crippen molar-refractivity contribution in [2.24, 2.45) is 0 Å². The number of aliphatic hydroxyl groups excluding tert-OH is 4. The van der Waals surface area contributed by atoms with Crippen LogP contribution in [-0.4, -0.2) is 68.7 Å². The molecule has 4 N–H and O–H groups in total. The number of aliphatic hydroxyl groups is 4. The first-order chi connectivity index (χ1) is 24.7. The molecule has 0 bridgehead atoms. The maximum absolute atomic E-state index is 10.1. The van der Waals surface area contributed by atoms with Crippen LogP contribution in [-0.2, 0) is 40.9 Å². The number of rotatable bonds is 32. The molecular formula is C40H76O12Ti. The SMILES string of the molecule is CCCCCCCC(O)CC(=O)[O-].CCCCCCCC(O)CC(=O)[O-].CCCCCCCC(O)CC(=O)[O-].CCCCCCCC(O)CC(=O)[O-].[Ti+4]. The average Bonchev–Trinajstić information content (AvgIpc) is 3.04. The van der Waals surface area contributed by atoms with Crippen LogP contribution in [0, 0.1) is 0 Å². The normalized spacial score (nSPS) is 12.5. The van der Waals surface area contributed by atoms with E-state index >= 15 is 0 Å². The van der Waals surface area contributed by atoms with Crippen molar-refractivity contribution < 1.29 is 81.7 Å². The van der Waals surface area contributed by atoms with E-state index in [1.54, 1.807) is 0 Å². The Morgan fingerprint density at radius 3 is 0.623 bits per heavy atom. The molecule has 0 rings (SSSR count). The smallest absolute Gasteiger partial charge is 0.550 e. The number of unbranched alkanes of at least 4 members (excludes halogenated alkanes) is 16. The minimum Gasteiger partial charge on any atom is -0.550 e. The molecule has 0 saturated carbocycles. The molecule has 0 aliphatic carbocycles. The van der Waals surface area contributed by atoms with Gasteiger partial charge in [-0.25, -0.2) is 0 Å². The van der Waals surface area contributed by atoms with Crippen LogP contribution >= 0.6 is 0 Å². The molecule has 53 heavy (non-hydrogen) atoms. The Morgan fingerprint density at radius 1 is 0.340 bits per heavy atom. The number of carbonyl (C=O) groups is 4. The van der Waals surface area contributed by atoms with Gasteiger partial charge in [-0.1, -0.05) is 156 Å². The van der Waals surface area contributed by atoms with Crippen molar-refractivity contribution >= 4 is 23.9 Å². The van der Waals surface area contributed by atoms with Crippen LogP contribution in [0.25, 0.3) is 0 Å². The second-order valence-electron chi connectivity index (χ2n) is 13.7. The van der Waals surface area contributed by atoms with Crippen LogP contribution in [0.5, 0.6) is 0 Å². The van der Waals surface area contributed by atoms with Gasteiger partial charge >= 0.3 is 21.7 Å². The Kier molecular flexibility index (Phi) is 55.5. The van der Waals surface area contributed by atoms with E-state index in [1.807, 2.05) is 0 Å². The fourth-order valence-electron chi connectivity index (χ4n) is 5.11. The quantitative estimate of drug-likeness (QED) is 0.0566. The number of hydrogen-bond acceptors (Lipinski definition) is 12. The van der Waals surface area contributed by atoms with E-state index in [0.717, 1.165) is 51.4 Å². The maximum Gasteiger partial charge on any atom is 4.00 e. The van der Waals surface area contributed by atoms with E-state index in [4.69, 9.17) is 20.4 Å². The number of carbonyl (C=O) groups excluding carboxylic acids is 4. The second-order valence-corrected chi connectivity index (χ2v) is 13.7. The Hall–Kier alpha value is -1.57. The van der Waals surface area contributed by atoms with Crippen molar-refractivity contribution in [2.45, 2.75) is 232 Å². The second kappa shape index (κ2) is 48.5. The summed E-state index contributed by atoms with van der Waals surface area (Å²) in [6, 6.07) is 0. The first-order valence-electron chi connectivity index (χ1n) is 20.2. The summed E-state index contributed by atoms with van der Waals surface area (Å²) in [5, 5.41) is 76.9. The summed E-state index contributed by atoms with van der Waals surface area (Å²) < 4.78 is 0. The van der Waals surface area contributed by atoms with Gasteiger partial charge < -0.3 is 60.0 Å². The van der Waals surface area contributed by atoms with Crippen LogP contribution in [0.4, 0.5) is 0 Å². The molecule has 0 aromatic rings. The van der Waals surface area contributed by atoms with Crippen LogP contribution in [0.2, 0.25) is 0 Å². The molecule has 0 aliphatic heterocycles. The predicted octanol–water partition coefficient (Wildman–Crippen LogP) is 3.39. The molecule has 0 amide bonds. The third-order valence-electron chi connectivity index (χ3n) is 8.17. The minimum absolute atomic E-state index is 0. The monoisotopic (exact) mass is 796 g/mol. The average molecular weight is 797 g/mol. The van der Waals surface area contributed by atoms with Gasteiger partial charge in [-0.2, -0.15) is 0 Å². The molecule has 0 spiro atoms. The van der Waals surface area contributed by atoms with Gasteiger partial charge in [0.15, 0.2) is 0 Å². The Morgan fingerprint density at radius 2 is 0.491 bits per heavy atom. The fraction of sp³-hybridized carbons (Fsp3) is 0.900. The first kappa shape index (κ1) is 60.7. The maximum atomic E-state index is 10.1. The first-order valence-corrected chi connectivity index (χ1v) is 20.2. The number of hydrogen-bond donors (Lipinski definition) is 4. The number of carboxylic acid groups (broad SMARTS) is 4. The topological polar surface area (TPSA) is 241 Å². The summed E-state index contributed by atoms with van der Waals surface area (Å²) in [6.07, 6.45) is 20.9. The van der Waals surface area contributed by atoms with Crippen molar-refractivity contribution in [1.82, 2.24) is 0 Å². The Labute approximate surface area is 336 Å². The van der Waals surface area contributed by atoms with Gasteiger partial charge in [0, 0.05) is 49.6 Å². The molecule has 312 valence electrons. The van der Waals surface area contributed by atoms with E-state index < -0.39 is 48.3 Å². The molecule has 0 aromatic carbocycles. The molecule has 0 radical (unpaired) electrons. The summed E-state index contributed by atoms with van der Waals surface area (Å²) in [5.74, 6) is -4.66. The molecule has 4 unspecified atom stereocenters. The molecule has 0 heterocycles. The molecule has 12 nitrogen and oxygen atoms in total. The van der Waals surface area contributed by atoms with Crippen LogP contribution < -0.4 is 20.4 Å². The largest absolute Gasteiger partial charge is 4.00 e. The zero-order chi connectivity index (χ0) is 40.4. The molecule has 0 saturated heterocycles. The zero-order valence-corrected chi connectivity index (χ0v) is 35.2. The van der Waals surface area contributed by atoms with Crippen LogP contribution in [0.3, 0.4) is 0 Å². The van der Waals surface area contributed by atoms with Gasteiger partial charge in [-0.15, -0.1) is 0 Å². The van der Waals surface area contributed by atoms with Crippen molar-refractivity contribution in [3.63, 3.8) is 0 Å². The summed E-state index contributed by atoms with van der Waals surface area (Å²) >= 11 is 0. The predicted molar refractivity (Wildman–Crippen MR) is 196 cm³/mol. The molecule has 0 aliphatic rings. The number of aliphatic carboxylic acids is 4. The van der Waals surface area contributed by atoms with E-state index in [2.05, 4.69) is 27.7 Å². The summed E-state index contributed by atoms with van der Waals surface area (Å²) in [5.41, 5.74) is 0. The molecule has 13 heteroatoms. The molecule has 0 fully saturated rings. The van der Waals surface area contributed by atoms with E-state index in [-0.39, 0.29) is 47.4 Å². The summed E-state index contributed by atoms with van der Waals surface area (Å²) in [7, 11) is 0. The van der Waals surface area contributed by atoms with E-state index in [1.165, 1.54) is 77.0 Å². The molecule has 4 atom stereocenters.